The molecule has 120 valence electrons. The molecule has 3 rings (SSSR count). The van der Waals surface area contributed by atoms with Gasteiger partial charge in [0.2, 0.25) is 0 Å². The number of ether oxygens (including phenoxy) is 2. The summed E-state index contributed by atoms with van der Waals surface area (Å²) in [6.45, 7) is 4.80. The third kappa shape index (κ3) is 2.70. The molecule has 0 saturated heterocycles. The van der Waals surface area contributed by atoms with E-state index in [1.54, 1.807) is 20.1 Å². The Labute approximate surface area is 134 Å². The van der Waals surface area contributed by atoms with Gasteiger partial charge in [-0.15, -0.1) is 0 Å². The first-order chi connectivity index (χ1) is 11.2. The minimum absolute atomic E-state index is 0.327. The van der Waals surface area contributed by atoms with E-state index in [-0.39, 0.29) is 5.97 Å². The molecule has 0 aliphatic heterocycles. The van der Waals surface area contributed by atoms with Crippen LogP contribution in [0.2, 0.25) is 0 Å². The lowest BCUT2D eigenvalue weighted by molar-refractivity contribution is 0.0514. The van der Waals surface area contributed by atoms with Crippen molar-refractivity contribution in [2.45, 2.75) is 20.4 Å². The van der Waals surface area contributed by atoms with Crippen molar-refractivity contribution >= 4 is 17.1 Å². The molecule has 5 heteroatoms. The lowest BCUT2D eigenvalue weighted by Crippen LogP contribution is -2.11. The highest BCUT2D eigenvalue weighted by molar-refractivity contribution is 5.95. The van der Waals surface area contributed by atoms with Crippen LogP contribution < -0.4 is 4.74 Å². The minimum Gasteiger partial charge on any atom is -0.497 e. The van der Waals surface area contributed by atoms with E-state index >= 15 is 0 Å². The maximum atomic E-state index is 12.0. The van der Waals surface area contributed by atoms with Crippen molar-refractivity contribution < 1.29 is 18.7 Å². The Morgan fingerprint density at radius 1 is 1.17 bits per heavy atom. The molecule has 0 aliphatic rings. The number of hydrogen-bond acceptors (Lipinski definition) is 4. The second-order valence-corrected chi connectivity index (χ2v) is 5.08. The maximum absolute atomic E-state index is 12.0. The molecule has 0 aliphatic carbocycles. The summed E-state index contributed by atoms with van der Waals surface area (Å²) in [6, 6.07) is 11.4. The van der Waals surface area contributed by atoms with E-state index in [1.807, 2.05) is 41.8 Å². The fourth-order valence-electron chi connectivity index (χ4n) is 2.65. The van der Waals surface area contributed by atoms with Crippen molar-refractivity contribution in [3.63, 3.8) is 0 Å². The zero-order chi connectivity index (χ0) is 16.4. The molecule has 0 amide bonds. The highest BCUT2D eigenvalue weighted by Crippen LogP contribution is 2.31. The van der Waals surface area contributed by atoms with Gasteiger partial charge in [0.15, 0.2) is 5.58 Å². The Bertz CT molecular complexity index is 827. The van der Waals surface area contributed by atoms with Gasteiger partial charge in [-0.2, -0.15) is 0 Å². The van der Waals surface area contributed by atoms with Gasteiger partial charge in [0, 0.05) is 24.2 Å². The normalized spacial score (nSPS) is 10.9. The van der Waals surface area contributed by atoms with E-state index in [4.69, 9.17) is 13.9 Å². The van der Waals surface area contributed by atoms with Crippen LogP contribution in [-0.4, -0.2) is 24.3 Å². The quantitative estimate of drug-likeness (QED) is 0.665. The fraction of sp³-hybridized carbons (Fsp3) is 0.278. The Kier molecular flexibility index (Phi) is 4.10. The molecule has 0 atom stereocenters. The van der Waals surface area contributed by atoms with Gasteiger partial charge in [-0.3, -0.25) is 0 Å². The minimum atomic E-state index is -0.327. The smallest absolute Gasteiger partial charge is 0.355 e. The van der Waals surface area contributed by atoms with E-state index in [0.29, 0.717) is 24.4 Å². The molecule has 0 saturated carbocycles. The summed E-state index contributed by atoms with van der Waals surface area (Å²) in [5.74, 6) is 1.23. The van der Waals surface area contributed by atoms with Crippen molar-refractivity contribution in [3.05, 3.63) is 42.1 Å². The Balaban J connectivity index is 2.02. The first kappa shape index (κ1) is 15.2. The number of aryl methyl sites for hydroxylation is 1. The van der Waals surface area contributed by atoms with Gasteiger partial charge in [0.25, 0.3) is 0 Å². The summed E-state index contributed by atoms with van der Waals surface area (Å²) in [4.78, 5) is 12.0. The van der Waals surface area contributed by atoms with Crippen LogP contribution in [0.4, 0.5) is 0 Å². The number of carbonyl (C=O) groups is 1. The second-order valence-electron chi connectivity index (χ2n) is 5.08. The van der Waals surface area contributed by atoms with Crippen LogP contribution in [0.15, 0.2) is 40.8 Å². The number of hydrogen-bond donors (Lipinski definition) is 0. The average molecular weight is 313 g/mol. The maximum Gasteiger partial charge on any atom is 0.355 e. The molecule has 23 heavy (non-hydrogen) atoms. The molecular formula is C18H19NO4. The molecule has 0 bridgehead atoms. The van der Waals surface area contributed by atoms with Gasteiger partial charge in [0.05, 0.1) is 19.2 Å². The predicted octanol–water partition coefficient (Wildman–Crippen LogP) is 4.11. The van der Waals surface area contributed by atoms with Crippen LogP contribution in [-0.2, 0) is 11.3 Å². The van der Waals surface area contributed by atoms with Crippen LogP contribution in [0.5, 0.6) is 5.75 Å². The van der Waals surface area contributed by atoms with Gasteiger partial charge < -0.3 is 18.5 Å². The van der Waals surface area contributed by atoms with Crippen LogP contribution in [0.3, 0.4) is 0 Å². The summed E-state index contributed by atoms with van der Waals surface area (Å²) in [5, 5.41) is 0. The lowest BCUT2D eigenvalue weighted by atomic mass is 10.1. The molecule has 2 heterocycles. The van der Waals surface area contributed by atoms with Gasteiger partial charge in [-0.25, -0.2) is 4.79 Å². The number of rotatable bonds is 5. The van der Waals surface area contributed by atoms with Crippen LogP contribution >= 0.6 is 0 Å². The SMILES string of the molecule is CCOC(=O)c1cc2oc(-c3ccc(OC)cc3)cc2n1CC. The number of fused-ring (bicyclic) bond motifs is 1. The van der Waals surface area contributed by atoms with Crippen molar-refractivity contribution in [1.29, 1.82) is 0 Å². The zero-order valence-corrected chi connectivity index (χ0v) is 13.5. The monoisotopic (exact) mass is 313 g/mol. The van der Waals surface area contributed by atoms with Crippen LogP contribution in [0, 0.1) is 0 Å². The molecule has 0 radical (unpaired) electrons. The average Bonchev–Trinajstić information content (AvgIpc) is 3.12. The Hall–Kier alpha value is -2.69. The van der Waals surface area contributed by atoms with Crippen LogP contribution in [0.25, 0.3) is 22.4 Å². The number of esters is 1. The standard InChI is InChI=1S/C18H19NO4/c1-4-19-14-10-16(12-6-8-13(21-3)9-7-12)23-17(14)11-15(19)18(20)22-5-2/h6-11H,4-5H2,1-3H3. The van der Waals surface area contributed by atoms with E-state index in [0.717, 1.165) is 22.6 Å². The summed E-state index contributed by atoms with van der Waals surface area (Å²) in [5.41, 5.74) is 3.05. The molecule has 1 aromatic carbocycles. The molecule has 0 N–H and O–H groups in total. The molecule has 0 spiro atoms. The molecule has 0 fully saturated rings. The largest absolute Gasteiger partial charge is 0.497 e. The van der Waals surface area contributed by atoms with Crippen molar-refractivity contribution in [2.75, 3.05) is 13.7 Å². The molecular weight excluding hydrogens is 294 g/mol. The lowest BCUT2D eigenvalue weighted by Gasteiger charge is -2.06. The number of carbonyl (C=O) groups excluding carboxylic acids is 1. The van der Waals surface area contributed by atoms with E-state index in [2.05, 4.69) is 0 Å². The van der Waals surface area contributed by atoms with Gasteiger partial charge in [0.1, 0.15) is 17.2 Å². The van der Waals surface area contributed by atoms with E-state index in [1.165, 1.54) is 0 Å². The summed E-state index contributed by atoms with van der Waals surface area (Å²) in [6.07, 6.45) is 0. The van der Waals surface area contributed by atoms with Crippen LogP contribution in [0.1, 0.15) is 24.3 Å². The third-order valence-electron chi connectivity index (χ3n) is 3.76. The van der Waals surface area contributed by atoms with Crippen molar-refractivity contribution in [3.8, 4) is 17.1 Å². The number of methoxy groups -OCH3 is 1. The molecule has 3 aromatic rings. The van der Waals surface area contributed by atoms with E-state index < -0.39 is 0 Å². The molecule has 0 unspecified atom stereocenters. The first-order valence-corrected chi connectivity index (χ1v) is 7.62. The number of furan rings is 1. The second kappa shape index (κ2) is 6.20. The van der Waals surface area contributed by atoms with E-state index in [9.17, 15) is 4.79 Å². The van der Waals surface area contributed by atoms with Gasteiger partial charge in [-0.05, 0) is 38.1 Å². The van der Waals surface area contributed by atoms with Crippen molar-refractivity contribution in [2.24, 2.45) is 0 Å². The predicted molar refractivity (Wildman–Crippen MR) is 87.8 cm³/mol. The number of nitrogens with zero attached hydrogens (tertiary/aromatic N) is 1. The number of aromatic nitrogens is 1. The summed E-state index contributed by atoms with van der Waals surface area (Å²) < 4.78 is 18.1. The summed E-state index contributed by atoms with van der Waals surface area (Å²) in [7, 11) is 1.64. The number of benzene rings is 1. The molecule has 5 nitrogen and oxygen atoms in total. The highest BCUT2D eigenvalue weighted by atomic mass is 16.5. The van der Waals surface area contributed by atoms with Gasteiger partial charge >= 0.3 is 5.97 Å². The Morgan fingerprint density at radius 3 is 2.52 bits per heavy atom. The van der Waals surface area contributed by atoms with Crippen molar-refractivity contribution in [1.82, 2.24) is 4.57 Å². The fourth-order valence-corrected chi connectivity index (χ4v) is 2.65. The summed E-state index contributed by atoms with van der Waals surface area (Å²) >= 11 is 0. The van der Waals surface area contributed by atoms with Gasteiger partial charge in [-0.1, -0.05) is 0 Å². The third-order valence-corrected chi connectivity index (χ3v) is 3.76. The Morgan fingerprint density at radius 2 is 1.91 bits per heavy atom. The highest BCUT2D eigenvalue weighted by Gasteiger charge is 2.19. The zero-order valence-electron chi connectivity index (χ0n) is 13.5. The first-order valence-electron chi connectivity index (χ1n) is 7.62. The molecule has 2 aromatic heterocycles. The topological polar surface area (TPSA) is 53.6 Å².